The van der Waals surface area contributed by atoms with Crippen molar-refractivity contribution in [1.29, 1.82) is 0 Å². The molecule has 1 aromatic rings. The molecule has 0 aliphatic rings. The number of hydrogen-bond donors (Lipinski definition) is 1. The second-order valence-electron chi connectivity index (χ2n) is 6.45. The molecule has 1 aromatic heterocycles. The fourth-order valence-corrected chi connectivity index (χ4v) is 1.51. The summed E-state index contributed by atoms with van der Waals surface area (Å²) in [6, 6.07) is 4.25. The van der Waals surface area contributed by atoms with Gasteiger partial charge in [-0.15, -0.1) is 0 Å². The van der Waals surface area contributed by atoms with Crippen molar-refractivity contribution >= 4 is 5.69 Å². The summed E-state index contributed by atoms with van der Waals surface area (Å²) in [4.78, 5) is 4.67. The number of anilines is 1. The zero-order valence-corrected chi connectivity index (χ0v) is 11.6. The largest absolute Gasteiger partial charge is 0.379 e. The Labute approximate surface area is 99.5 Å². The molecule has 0 aromatic carbocycles. The van der Waals surface area contributed by atoms with Crippen LogP contribution in [-0.4, -0.2) is 10.5 Å². The second-order valence-corrected chi connectivity index (χ2v) is 6.45. The number of aromatic nitrogens is 1. The summed E-state index contributed by atoms with van der Waals surface area (Å²) in [7, 11) is 0. The van der Waals surface area contributed by atoms with E-state index in [4.69, 9.17) is 0 Å². The van der Waals surface area contributed by atoms with E-state index in [2.05, 4.69) is 70.9 Å². The standard InChI is InChI=1S/C14H24N2/c1-10-11(16-14(5,6)7)8-9-12(15-10)13(2,3)4/h8-9,16H,1-7H3. The third-order valence-corrected chi connectivity index (χ3v) is 2.36. The maximum absolute atomic E-state index is 4.67. The van der Waals surface area contributed by atoms with Crippen LogP contribution in [0.1, 0.15) is 52.9 Å². The molecule has 1 N–H and O–H groups in total. The van der Waals surface area contributed by atoms with Crippen molar-refractivity contribution < 1.29 is 0 Å². The molecular weight excluding hydrogens is 196 g/mol. The van der Waals surface area contributed by atoms with E-state index in [0.29, 0.717) is 0 Å². The van der Waals surface area contributed by atoms with E-state index in [1.165, 1.54) is 0 Å². The summed E-state index contributed by atoms with van der Waals surface area (Å²) < 4.78 is 0. The lowest BCUT2D eigenvalue weighted by Crippen LogP contribution is -2.27. The van der Waals surface area contributed by atoms with Gasteiger partial charge in [-0.1, -0.05) is 20.8 Å². The molecule has 0 atom stereocenters. The van der Waals surface area contributed by atoms with Gasteiger partial charge in [-0.3, -0.25) is 4.98 Å². The molecule has 0 saturated carbocycles. The zero-order valence-electron chi connectivity index (χ0n) is 11.6. The van der Waals surface area contributed by atoms with Gasteiger partial charge in [0, 0.05) is 16.6 Å². The van der Waals surface area contributed by atoms with E-state index >= 15 is 0 Å². The van der Waals surface area contributed by atoms with Crippen LogP contribution in [0.3, 0.4) is 0 Å². The topological polar surface area (TPSA) is 24.9 Å². The Balaban J connectivity index is 3.01. The van der Waals surface area contributed by atoms with E-state index < -0.39 is 0 Å². The van der Waals surface area contributed by atoms with Gasteiger partial charge in [-0.05, 0) is 39.8 Å². The lowest BCUT2D eigenvalue weighted by atomic mass is 9.91. The highest BCUT2D eigenvalue weighted by molar-refractivity contribution is 5.49. The average molecular weight is 220 g/mol. The monoisotopic (exact) mass is 220 g/mol. The molecule has 90 valence electrons. The van der Waals surface area contributed by atoms with Gasteiger partial charge < -0.3 is 5.32 Å². The first-order valence-corrected chi connectivity index (χ1v) is 5.86. The van der Waals surface area contributed by atoms with Gasteiger partial charge in [0.15, 0.2) is 0 Å². The molecule has 0 bridgehead atoms. The van der Waals surface area contributed by atoms with Gasteiger partial charge in [-0.25, -0.2) is 0 Å². The van der Waals surface area contributed by atoms with Gasteiger partial charge in [0.2, 0.25) is 0 Å². The maximum atomic E-state index is 4.67. The number of nitrogens with zero attached hydrogens (tertiary/aromatic N) is 1. The molecule has 0 aliphatic heterocycles. The Morgan fingerprint density at radius 3 is 1.94 bits per heavy atom. The van der Waals surface area contributed by atoms with Crippen LogP contribution in [0.15, 0.2) is 12.1 Å². The van der Waals surface area contributed by atoms with E-state index in [9.17, 15) is 0 Å². The van der Waals surface area contributed by atoms with Crippen molar-refractivity contribution in [3.05, 3.63) is 23.5 Å². The SMILES string of the molecule is Cc1nc(C(C)(C)C)ccc1NC(C)(C)C. The van der Waals surface area contributed by atoms with Crippen LogP contribution < -0.4 is 5.32 Å². The van der Waals surface area contributed by atoms with Gasteiger partial charge >= 0.3 is 0 Å². The van der Waals surface area contributed by atoms with E-state index in [0.717, 1.165) is 17.1 Å². The molecule has 0 unspecified atom stereocenters. The highest BCUT2D eigenvalue weighted by Crippen LogP contribution is 2.24. The second kappa shape index (κ2) is 4.08. The van der Waals surface area contributed by atoms with Crippen molar-refractivity contribution in [2.24, 2.45) is 0 Å². The predicted octanol–water partition coefficient (Wildman–Crippen LogP) is 3.90. The summed E-state index contributed by atoms with van der Waals surface area (Å²) in [5.41, 5.74) is 3.54. The fraction of sp³-hybridized carbons (Fsp3) is 0.643. The minimum Gasteiger partial charge on any atom is -0.379 e. The summed E-state index contributed by atoms with van der Waals surface area (Å²) in [5.74, 6) is 0. The molecule has 1 rings (SSSR count). The summed E-state index contributed by atoms with van der Waals surface area (Å²) >= 11 is 0. The highest BCUT2D eigenvalue weighted by Gasteiger charge is 2.17. The molecule has 16 heavy (non-hydrogen) atoms. The van der Waals surface area contributed by atoms with Crippen LogP contribution in [0.4, 0.5) is 5.69 Å². The highest BCUT2D eigenvalue weighted by atomic mass is 15.0. The van der Waals surface area contributed by atoms with Gasteiger partial charge in [0.1, 0.15) is 0 Å². The number of rotatable bonds is 1. The van der Waals surface area contributed by atoms with Crippen molar-refractivity contribution in [3.8, 4) is 0 Å². The van der Waals surface area contributed by atoms with Crippen molar-refractivity contribution in [3.63, 3.8) is 0 Å². The molecule has 0 radical (unpaired) electrons. The Morgan fingerprint density at radius 1 is 1.00 bits per heavy atom. The third kappa shape index (κ3) is 3.51. The normalized spacial score (nSPS) is 12.7. The number of aryl methyl sites for hydroxylation is 1. The van der Waals surface area contributed by atoms with Crippen LogP contribution in [0.5, 0.6) is 0 Å². The smallest absolute Gasteiger partial charge is 0.0607 e. The van der Waals surface area contributed by atoms with Crippen molar-refractivity contribution in [2.75, 3.05) is 5.32 Å². The summed E-state index contributed by atoms with van der Waals surface area (Å²) in [6.07, 6.45) is 0. The Hall–Kier alpha value is -1.05. The van der Waals surface area contributed by atoms with E-state index in [1.807, 2.05) is 0 Å². The minimum absolute atomic E-state index is 0.0791. The van der Waals surface area contributed by atoms with Crippen LogP contribution >= 0.6 is 0 Å². The molecule has 0 saturated heterocycles. The predicted molar refractivity (Wildman–Crippen MR) is 71.0 cm³/mol. The van der Waals surface area contributed by atoms with Gasteiger partial charge in [0.25, 0.3) is 0 Å². The molecule has 0 spiro atoms. The molecular formula is C14H24N2. The molecule has 0 aliphatic carbocycles. The number of pyridine rings is 1. The maximum Gasteiger partial charge on any atom is 0.0607 e. The Morgan fingerprint density at radius 2 is 1.56 bits per heavy atom. The fourth-order valence-electron chi connectivity index (χ4n) is 1.51. The molecule has 1 heterocycles. The van der Waals surface area contributed by atoms with Gasteiger partial charge in [-0.2, -0.15) is 0 Å². The van der Waals surface area contributed by atoms with Crippen LogP contribution in [-0.2, 0) is 5.41 Å². The van der Waals surface area contributed by atoms with Gasteiger partial charge in [0.05, 0.1) is 11.4 Å². The quantitative estimate of drug-likeness (QED) is 0.776. The Bertz CT molecular complexity index is 367. The third-order valence-electron chi connectivity index (χ3n) is 2.36. The minimum atomic E-state index is 0.0791. The average Bonchev–Trinajstić information content (AvgIpc) is 2.04. The summed E-state index contributed by atoms with van der Waals surface area (Å²) in [5, 5.41) is 3.47. The zero-order chi connectivity index (χ0) is 12.6. The molecule has 2 nitrogen and oxygen atoms in total. The first kappa shape index (κ1) is 13.0. The van der Waals surface area contributed by atoms with Crippen molar-refractivity contribution in [2.45, 2.75) is 59.4 Å². The van der Waals surface area contributed by atoms with Crippen LogP contribution in [0.2, 0.25) is 0 Å². The van der Waals surface area contributed by atoms with Crippen molar-refractivity contribution in [1.82, 2.24) is 4.98 Å². The van der Waals surface area contributed by atoms with E-state index in [1.54, 1.807) is 0 Å². The summed E-state index contributed by atoms with van der Waals surface area (Å²) in [6.45, 7) is 15.1. The van der Waals surface area contributed by atoms with E-state index in [-0.39, 0.29) is 11.0 Å². The first-order chi connectivity index (χ1) is 7.09. The molecule has 0 fully saturated rings. The number of hydrogen-bond acceptors (Lipinski definition) is 2. The molecule has 0 amide bonds. The first-order valence-electron chi connectivity index (χ1n) is 5.86. The lowest BCUT2D eigenvalue weighted by molar-refractivity contribution is 0.566. The van der Waals surface area contributed by atoms with Crippen LogP contribution in [0.25, 0.3) is 0 Å². The van der Waals surface area contributed by atoms with Crippen LogP contribution in [0, 0.1) is 6.92 Å². The Kier molecular flexibility index (Phi) is 3.32. The number of nitrogens with one attached hydrogen (secondary N) is 1. The molecule has 2 heteroatoms. The lowest BCUT2D eigenvalue weighted by Gasteiger charge is -2.25.